The van der Waals surface area contributed by atoms with E-state index < -0.39 is 0 Å². The van der Waals surface area contributed by atoms with Crippen molar-refractivity contribution in [2.24, 2.45) is 5.73 Å². The Morgan fingerprint density at radius 2 is 2.54 bits per heavy atom. The van der Waals surface area contributed by atoms with Crippen LogP contribution in [-0.2, 0) is 9.53 Å². The monoisotopic (exact) mass is 184 g/mol. The molecule has 1 aliphatic heterocycles. The summed E-state index contributed by atoms with van der Waals surface area (Å²) in [5.74, 6) is 0.158. The zero-order chi connectivity index (χ0) is 9.68. The maximum absolute atomic E-state index is 11.2. The van der Waals surface area contributed by atoms with Gasteiger partial charge in [0.05, 0.1) is 12.9 Å². The number of ether oxygens (including phenoxy) is 1. The maximum Gasteiger partial charge on any atom is 0.224 e. The summed E-state index contributed by atoms with van der Waals surface area (Å²) in [5.41, 5.74) is 5.64. The first kappa shape index (κ1) is 10.1. The fourth-order valence-electron chi connectivity index (χ4n) is 1.44. The Labute approximate surface area is 78.3 Å². The van der Waals surface area contributed by atoms with Crippen molar-refractivity contribution in [1.82, 2.24) is 4.90 Å². The fourth-order valence-corrected chi connectivity index (χ4v) is 1.44. The predicted octanol–water partition coefficient (Wildman–Crippen LogP) is 0.0962. The van der Waals surface area contributed by atoms with Gasteiger partial charge in [0, 0.05) is 25.6 Å². The summed E-state index contributed by atoms with van der Waals surface area (Å²) in [6, 6.07) is 0.0211. The summed E-state index contributed by atoms with van der Waals surface area (Å²) in [6.45, 7) is 5.47. The average molecular weight is 184 g/mol. The molecule has 0 aromatic heterocycles. The molecule has 13 heavy (non-hydrogen) atoms. The van der Waals surface area contributed by atoms with Crippen LogP contribution in [0.1, 0.15) is 12.8 Å². The third kappa shape index (κ3) is 3.06. The number of nitrogens with two attached hydrogens (primary N) is 1. The van der Waals surface area contributed by atoms with Gasteiger partial charge in [0.1, 0.15) is 0 Å². The predicted molar refractivity (Wildman–Crippen MR) is 49.9 cm³/mol. The molecule has 1 fully saturated rings. The summed E-state index contributed by atoms with van der Waals surface area (Å²) in [4.78, 5) is 13.0. The molecule has 1 aliphatic rings. The molecule has 1 atom stereocenters. The molecule has 0 aromatic rings. The minimum absolute atomic E-state index is 0.0211. The number of hydrogen-bond acceptors (Lipinski definition) is 3. The Bertz CT molecular complexity index is 194. The fraction of sp³-hybridized carbons (Fsp3) is 0.667. The zero-order valence-corrected chi connectivity index (χ0v) is 7.74. The molecule has 0 aliphatic carbocycles. The molecule has 0 aromatic carbocycles. The summed E-state index contributed by atoms with van der Waals surface area (Å²) in [6.07, 6.45) is 2.74. The van der Waals surface area contributed by atoms with Gasteiger partial charge >= 0.3 is 0 Å². The van der Waals surface area contributed by atoms with E-state index >= 15 is 0 Å². The van der Waals surface area contributed by atoms with Gasteiger partial charge in [-0.1, -0.05) is 6.58 Å². The minimum atomic E-state index is 0.0211. The SMILES string of the molecule is C=COCCCN1CC(N)CC1=O. The highest BCUT2D eigenvalue weighted by Gasteiger charge is 2.25. The van der Waals surface area contributed by atoms with Crippen LogP contribution in [0.3, 0.4) is 0 Å². The molecule has 4 heteroatoms. The Morgan fingerprint density at radius 3 is 3.08 bits per heavy atom. The van der Waals surface area contributed by atoms with E-state index in [1.165, 1.54) is 6.26 Å². The van der Waals surface area contributed by atoms with E-state index in [4.69, 9.17) is 10.5 Å². The van der Waals surface area contributed by atoms with Gasteiger partial charge in [0.2, 0.25) is 5.91 Å². The molecular weight excluding hydrogens is 168 g/mol. The molecule has 0 spiro atoms. The Hall–Kier alpha value is -1.03. The molecule has 74 valence electrons. The lowest BCUT2D eigenvalue weighted by Crippen LogP contribution is -2.29. The lowest BCUT2D eigenvalue weighted by atomic mass is 10.3. The van der Waals surface area contributed by atoms with Gasteiger partial charge in [0.25, 0.3) is 0 Å². The molecular formula is C9H16N2O2. The largest absolute Gasteiger partial charge is 0.502 e. The Kier molecular flexibility index (Phi) is 3.76. The van der Waals surface area contributed by atoms with Crippen molar-refractivity contribution < 1.29 is 9.53 Å². The summed E-state index contributed by atoms with van der Waals surface area (Å²) < 4.78 is 4.95. The highest BCUT2D eigenvalue weighted by Crippen LogP contribution is 2.08. The van der Waals surface area contributed by atoms with Crippen LogP contribution in [-0.4, -0.2) is 36.5 Å². The first-order valence-corrected chi connectivity index (χ1v) is 4.50. The molecule has 1 unspecified atom stereocenters. The molecule has 2 N–H and O–H groups in total. The van der Waals surface area contributed by atoms with E-state index in [1.54, 1.807) is 4.90 Å². The van der Waals surface area contributed by atoms with Gasteiger partial charge in [-0.2, -0.15) is 0 Å². The molecule has 1 heterocycles. The van der Waals surface area contributed by atoms with Crippen molar-refractivity contribution in [3.63, 3.8) is 0 Å². The molecule has 4 nitrogen and oxygen atoms in total. The van der Waals surface area contributed by atoms with Crippen LogP contribution in [0.15, 0.2) is 12.8 Å². The second kappa shape index (κ2) is 4.87. The lowest BCUT2D eigenvalue weighted by molar-refractivity contribution is -0.127. The van der Waals surface area contributed by atoms with Crippen molar-refractivity contribution >= 4 is 5.91 Å². The molecule has 1 rings (SSSR count). The van der Waals surface area contributed by atoms with Crippen LogP contribution >= 0.6 is 0 Å². The van der Waals surface area contributed by atoms with Crippen molar-refractivity contribution in [2.45, 2.75) is 18.9 Å². The minimum Gasteiger partial charge on any atom is -0.502 e. The number of amides is 1. The van der Waals surface area contributed by atoms with Crippen LogP contribution in [0.2, 0.25) is 0 Å². The van der Waals surface area contributed by atoms with E-state index in [9.17, 15) is 4.79 Å². The number of hydrogen-bond donors (Lipinski definition) is 1. The summed E-state index contributed by atoms with van der Waals surface area (Å²) in [7, 11) is 0. The summed E-state index contributed by atoms with van der Waals surface area (Å²) in [5, 5.41) is 0. The molecule has 0 bridgehead atoms. The first-order chi connectivity index (χ1) is 6.24. The Morgan fingerprint density at radius 1 is 1.77 bits per heavy atom. The van der Waals surface area contributed by atoms with Crippen LogP contribution in [0.25, 0.3) is 0 Å². The third-order valence-corrected chi connectivity index (χ3v) is 2.05. The van der Waals surface area contributed by atoms with Crippen LogP contribution < -0.4 is 5.73 Å². The van der Waals surface area contributed by atoms with E-state index in [0.717, 1.165) is 13.0 Å². The lowest BCUT2D eigenvalue weighted by Gasteiger charge is -2.15. The Balaban J connectivity index is 2.14. The van der Waals surface area contributed by atoms with Crippen molar-refractivity contribution in [3.05, 3.63) is 12.8 Å². The second-order valence-corrected chi connectivity index (χ2v) is 3.19. The highest BCUT2D eigenvalue weighted by atomic mass is 16.5. The van der Waals surface area contributed by atoms with Crippen LogP contribution in [0.5, 0.6) is 0 Å². The molecule has 1 saturated heterocycles. The smallest absolute Gasteiger partial charge is 0.224 e. The number of carbonyl (C=O) groups excluding carboxylic acids is 1. The molecule has 0 saturated carbocycles. The number of likely N-dealkylation sites (tertiary alicyclic amines) is 1. The van der Waals surface area contributed by atoms with E-state index in [1.807, 2.05) is 0 Å². The van der Waals surface area contributed by atoms with E-state index in [-0.39, 0.29) is 11.9 Å². The zero-order valence-electron chi connectivity index (χ0n) is 7.74. The van der Waals surface area contributed by atoms with Gasteiger partial charge in [0.15, 0.2) is 0 Å². The van der Waals surface area contributed by atoms with Crippen molar-refractivity contribution in [1.29, 1.82) is 0 Å². The van der Waals surface area contributed by atoms with Crippen LogP contribution in [0, 0.1) is 0 Å². The van der Waals surface area contributed by atoms with Gasteiger partial charge in [-0.3, -0.25) is 4.79 Å². The van der Waals surface area contributed by atoms with Gasteiger partial charge < -0.3 is 15.4 Å². The first-order valence-electron chi connectivity index (χ1n) is 4.50. The number of nitrogens with zero attached hydrogens (tertiary/aromatic N) is 1. The molecule has 1 amide bonds. The van der Waals surface area contributed by atoms with Gasteiger partial charge in [-0.15, -0.1) is 0 Å². The quantitative estimate of drug-likeness (QED) is 0.487. The van der Waals surface area contributed by atoms with Crippen molar-refractivity contribution in [3.8, 4) is 0 Å². The van der Waals surface area contributed by atoms with Crippen molar-refractivity contribution in [2.75, 3.05) is 19.7 Å². The van der Waals surface area contributed by atoms with Gasteiger partial charge in [-0.05, 0) is 6.42 Å². The van der Waals surface area contributed by atoms with Gasteiger partial charge in [-0.25, -0.2) is 0 Å². The maximum atomic E-state index is 11.2. The summed E-state index contributed by atoms with van der Waals surface area (Å²) >= 11 is 0. The van der Waals surface area contributed by atoms with Crippen LogP contribution in [0.4, 0.5) is 0 Å². The standard InChI is InChI=1S/C9H16N2O2/c1-2-13-5-3-4-11-7-8(10)6-9(11)12/h2,8H,1,3-7,10H2. The topological polar surface area (TPSA) is 55.6 Å². The van der Waals surface area contributed by atoms with E-state index in [2.05, 4.69) is 6.58 Å². The third-order valence-electron chi connectivity index (χ3n) is 2.05. The molecule has 0 radical (unpaired) electrons. The van der Waals surface area contributed by atoms with E-state index in [0.29, 0.717) is 19.6 Å². The highest BCUT2D eigenvalue weighted by molar-refractivity contribution is 5.79. The number of rotatable bonds is 5. The normalized spacial score (nSPS) is 22.1. The number of carbonyl (C=O) groups is 1. The second-order valence-electron chi connectivity index (χ2n) is 3.19. The average Bonchev–Trinajstić information content (AvgIpc) is 2.39.